The topological polar surface area (TPSA) is 32.3 Å². The Bertz CT molecular complexity index is 28.1. The third-order valence-corrected chi connectivity index (χ3v) is 0.762. The van der Waals surface area contributed by atoms with Crippen molar-refractivity contribution in [1.82, 2.24) is 5.32 Å². The van der Waals surface area contributed by atoms with E-state index >= 15 is 0 Å². The fourth-order valence-corrected chi connectivity index (χ4v) is 0.381. The molecule has 0 amide bonds. The minimum Gasteiger partial charge on any atom is -0.396 e. The van der Waals surface area contributed by atoms with Crippen LogP contribution in [0.2, 0.25) is 0 Å². The summed E-state index contributed by atoms with van der Waals surface area (Å²) in [5.74, 6) is 0. The highest BCUT2D eigenvalue weighted by Gasteiger charge is 1.78. The molecule has 0 rings (SSSR count). The molecular formula is C7H19NO. The molecule has 0 aliphatic rings. The molecule has 0 aliphatic carbocycles. The van der Waals surface area contributed by atoms with Crippen molar-refractivity contribution < 1.29 is 5.11 Å². The molecule has 0 saturated carbocycles. The number of hydrogen-bond acceptors (Lipinski definition) is 2. The summed E-state index contributed by atoms with van der Waals surface area (Å²) in [5.41, 5.74) is 0. The Morgan fingerprint density at radius 1 is 1.33 bits per heavy atom. The molecule has 0 fully saturated rings. The molecule has 2 heteroatoms. The first kappa shape index (κ1) is 11.7. The van der Waals surface area contributed by atoms with E-state index in [9.17, 15) is 0 Å². The number of aliphatic hydroxyl groups is 1. The molecule has 0 bridgehead atoms. The Hall–Kier alpha value is -0.0800. The number of nitrogens with one attached hydrogen (secondary N) is 1. The van der Waals surface area contributed by atoms with Gasteiger partial charge in [-0.2, -0.15) is 0 Å². The lowest BCUT2D eigenvalue weighted by atomic mass is 10.4. The van der Waals surface area contributed by atoms with Gasteiger partial charge in [0.05, 0.1) is 0 Å². The van der Waals surface area contributed by atoms with E-state index in [-0.39, 0.29) is 0 Å². The quantitative estimate of drug-likeness (QED) is 0.561. The Morgan fingerprint density at radius 3 is 2.22 bits per heavy atom. The Kier molecular flexibility index (Phi) is 20.3. The van der Waals surface area contributed by atoms with Crippen LogP contribution in [0.4, 0.5) is 0 Å². The average Bonchev–Trinajstić information content (AvgIpc) is 1.94. The summed E-state index contributed by atoms with van der Waals surface area (Å²) in [5, 5.41) is 11.3. The van der Waals surface area contributed by atoms with Crippen LogP contribution >= 0.6 is 0 Å². The van der Waals surface area contributed by atoms with Gasteiger partial charge in [-0.1, -0.05) is 20.8 Å². The summed E-state index contributed by atoms with van der Waals surface area (Å²) in [4.78, 5) is 0. The van der Waals surface area contributed by atoms with Crippen molar-refractivity contribution in [2.75, 3.05) is 19.7 Å². The minimum absolute atomic E-state index is 0.299. The molecule has 2 N–H and O–H groups in total. The Morgan fingerprint density at radius 2 is 1.89 bits per heavy atom. The predicted octanol–water partition coefficient (Wildman–Crippen LogP) is 1.00. The zero-order chi connectivity index (χ0) is 7.54. The third-order valence-electron chi connectivity index (χ3n) is 0.762. The van der Waals surface area contributed by atoms with E-state index in [0.717, 1.165) is 19.5 Å². The second-order valence-electron chi connectivity index (χ2n) is 1.43. The van der Waals surface area contributed by atoms with Gasteiger partial charge in [0.25, 0.3) is 0 Å². The van der Waals surface area contributed by atoms with E-state index < -0.39 is 0 Å². The summed E-state index contributed by atoms with van der Waals surface area (Å²) in [7, 11) is 0. The highest BCUT2D eigenvalue weighted by molar-refractivity contribution is 4.39. The first-order valence-corrected chi connectivity index (χ1v) is 3.73. The van der Waals surface area contributed by atoms with Crippen LogP contribution in [0.3, 0.4) is 0 Å². The van der Waals surface area contributed by atoms with E-state index in [0.29, 0.717) is 6.61 Å². The maximum Gasteiger partial charge on any atom is 0.0443 e. The molecule has 0 unspecified atom stereocenters. The highest BCUT2D eigenvalue weighted by atomic mass is 16.3. The van der Waals surface area contributed by atoms with Gasteiger partial charge in [-0.15, -0.1) is 0 Å². The molecule has 0 radical (unpaired) electrons. The van der Waals surface area contributed by atoms with Crippen molar-refractivity contribution in [3.05, 3.63) is 0 Å². The number of hydrogen-bond donors (Lipinski definition) is 2. The van der Waals surface area contributed by atoms with Crippen molar-refractivity contribution in [2.24, 2.45) is 0 Å². The molecule has 0 spiro atoms. The molecule has 0 aliphatic heterocycles. The normalized spacial score (nSPS) is 8.00. The van der Waals surface area contributed by atoms with Crippen molar-refractivity contribution in [1.29, 1.82) is 0 Å². The van der Waals surface area contributed by atoms with Crippen LogP contribution in [0, 0.1) is 0 Å². The Labute approximate surface area is 58.3 Å². The van der Waals surface area contributed by atoms with Crippen molar-refractivity contribution in [3.8, 4) is 0 Å². The van der Waals surface area contributed by atoms with Crippen LogP contribution in [-0.4, -0.2) is 24.8 Å². The smallest absolute Gasteiger partial charge is 0.0443 e. The minimum atomic E-state index is 0.299. The summed E-state index contributed by atoms with van der Waals surface area (Å²) >= 11 is 0. The maximum atomic E-state index is 8.25. The van der Waals surface area contributed by atoms with Crippen molar-refractivity contribution >= 4 is 0 Å². The van der Waals surface area contributed by atoms with Gasteiger partial charge in [-0.25, -0.2) is 0 Å². The summed E-state index contributed by atoms with van der Waals surface area (Å²) in [6.45, 7) is 8.29. The van der Waals surface area contributed by atoms with E-state index in [1.54, 1.807) is 0 Å². The van der Waals surface area contributed by atoms with Gasteiger partial charge >= 0.3 is 0 Å². The molecule has 9 heavy (non-hydrogen) atoms. The van der Waals surface area contributed by atoms with E-state index in [2.05, 4.69) is 12.2 Å². The van der Waals surface area contributed by atoms with E-state index in [1.807, 2.05) is 13.8 Å². The van der Waals surface area contributed by atoms with Crippen LogP contribution in [0.25, 0.3) is 0 Å². The lowest BCUT2D eigenvalue weighted by Crippen LogP contribution is -2.14. The van der Waals surface area contributed by atoms with Crippen molar-refractivity contribution in [3.63, 3.8) is 0 Å². The molecule has 58 valence electrons. The third kappa shape index (κ3) is 18.1. The lowest BCUT2D eigenvalue weighted by Gasteiger charge is -1.94. The van der Waals surface area contributed by atoms with Crippen LogP contribution in [0.5, 0.6) is 0 Å². The van der Waals surface area contributed by atoms with Gasteiger partial charge in [0.15, 0.2) is 0 Å². The molecule has 0 heterocycles. The lowest BCUT2D eigenvalue weighted by molar-refractivity contribution is 0.286. The molecule has 2 nitrogen and oxygen atoms in total. The zero-order valence-corrected chi connectivity index (χ0v) is 6.78. The maximum absolute atomic E-state index is 8.25. The van der Waals surface area contributed by atoms with Gasteiger partial charge < -0.3 is 10.4 Å². The van der Waals surface area contributed by atoms with Crippen LogP contribution < -0.4 is 5.32 Å². The van der Waals surface area contributed by atoms with Gasteiger partial charge in [0.2, 0.25) is 0 Å². The number of rotatable bonds is 4. The molecule has 0 saturated heterocycles. The second kappa shape index (κ2) is 15.7. The van der Waals surface area contributed by atoms with Gasteiger partial charge in [0.1, 0.15) is 0 Å². The van der Waals surface area contributed by atoms with E-state index in [1.165, 1.54) is 0 Å². The van der Waals surface area contributed by atoms with E-state index in [4.69, 9.17) is 5.11 Å². The fourth-order valence-electron chi connectivity index (χ4n) is 0.381. The number of aliphatic hydroxyl groups excluding tert-OH is 1. The van der Waals surface area contributed by atoms with Crippen LogP contribution in [0.15, 0.2) is 0 Å². The molecule has 0 atom stereocenters. The van der Waals surface area contributed by atoms with Gasteiger partial charge in [-0.3, -0.25) is 0 Å². The summed E-state index contributed by atoms with van der Waals surface area (Å²) < 4.78 is 0. The van der Waals surface area contributed by atoms with Gasteiger partial charge in [0, 0.05) is 6.61 Å². The highest BCUT2D eigenvalue weighted by Crippen LogP contribution is 1.68. The molecule has 0 aromatic heterocycles. The largest absolute Gasteiger partial charge is 0.396 e. The SMILES string of the molecule is CC.CCNCCCO. The molecular weight excluding hydrogens is 114 g/mol. The zero-order valence-electron chi connectivity index (χ0n) is 6.78. The van der Waals surface area contributed by atoms with Crippen LogP contribution in [0.1, 0.15) is 27.2 Å². The first-order chi connectivity index (χ1) is 4.41. The summed E-state index contributed by atoms with van der Waals surface area (Å²) in [6.07, 6.45) is 0.869. The van der Waals surface area contributed by atoms with Crippen LogP contribution in [-0.2, 0) is 0 Å². The average molecular weight is 133 g/mol. The molecule has 0 aromatic rings. The van der Waals surface area contributed by atoms with Gasteiger partial charge in [-0.05, 0) is 19.5 Å². The first-order valence-electron chi connectivity index (χ1n) is 3.73. The summed E-state index contributed by atoms with van der Waals surface area (Å²) in [6, 6.07) is 0. The Balaban J connectivity index is 0. The van der Waals surface area contributed by atoms with Crippen molar-refractivity contribution in [2.45, 2.75) is 27.2 Å². The predicted molar refractivity (Wildman–Crippen MR) is 41.6 cm³/mol. The fraction of sp³-hybridized carbons (Fsp3) is 1.00. The monoisotopic (exact) mass is 133 g/mol. The second-order valence-corrected chi connectivity index (χ2v) is 1.43. The standard InChI is InChI=1S/C5H13NO.C2H6/c1-2-6-4-3-5-7;1-2/h6-7H,2-5H2,1H3;1-2H3. The molecule has 0 aromatic carbocycles.